The standard InChI is InChI=1S/C31H35FN6O3/c1-36(20-39)25-18-34-24-15-23(32)27(30-28(24)29(25)37(2)31(19-41-30)10-5-11-31)21-8-9-26(35-17-21)40-14-6-13-38-12-4-3-7-22(38)16-33/h8-9,15,17-18,20,22H,3-7,10-14,19H2,1-2H3. The third-order valence-electron chi connectivity index (χ3n) is 9.00. The minimum absolute atomic E-state index is 0.00458. The third-order valence-corrected chi connectivity index (χ3v) is 9.00. The molecule has 10 heteroatoms. The van der Waals surface area contributed by atoms with Gasteiger partial charge in [-0.2, -0.15) is 5.26 Å². The monoisotopic (exact) mass is 558 g/mol. The van der Waals surface area contributed by atoms with Gasteiger partial charge in [0.1, 0.15) is 18.2 Å². The number of amides is 1. The van der Waals surface area contributed by atoms with E-state index in [-0.39, 0.29) is 11.6 Å². The predicted molar refractivity (Wildman–Crippen MR) is 155 cm³/mol. The minimum Gasteiger partial charge on any atom is -0.490 e. The van der Waals surface area contributed by atoms with Gasteiger partial charge in [-0.25, -0.2) is 9.37 Å². The Morgan fingerprint density at radius 1 is 1.27 bits per heavy atom. The first-order chi connectivity index (χ1) is 20.0. The van der Waals surface area contributed by atoms with Crippen LogP contribution in [-0.2, 0) is 4.79 Å². The molecule has 3 aliphatic rings. The zero-order valence-corrected chi connectivity index (χ0v) is 23.6. The van der Waals surface area contributed by atoms with Crippen molar-refractivity contribution in [3.63, 3.8) is 0 Å². The van der Waals surface area contributed by atoms with E-state index in [0.717, 1.165) is 70.1 Å². The van der Waals surface area contributed by atoms with Crippen LogP contribution < -0.4 is 19.3 Å². The maximum atomic E-state index is 15.8. The van der Waals surface area contributed by atoms with Crippen LogP contribution >= 0.6 is 0 Å². The van der Waals surface area contributed by atoms with E-state index in [1.54, 1.807) is 31.6 Å². The van der Waals surface area contributed by atoms with Gasteiger partial charge in [-0.3, -0.25) is 14.7 Å². The van der Waals surface area contributed by atoms with Crippen LogP contribution in [0.3, 0.4) is 0 Å². The second kappa shape index (κ2) is 11.1. The molecule has 0 radical (unpaired) electrons. The molecule has 1 unspecified atom stereocenters. The van der Waals surface area contributed by atoms with Crippen molar-refractivity contribution in [2.45, 2.75) is 56.5 Å². The van der Waals surface area contributed by atoms with Gasteiger partial charge >= 0.3 is 0 Å². The number of rotatable bonds is 8. The number of nitriles is 1. The number of benzene rings is 1. The van der Waals surface area contributed by atoms with E-state index < -0.39 is 5.82 Å². The summed E-state index contributed by atoms with van der Waals surface area (Å²) < 4.78 is 28.1. The smallest absolute Gasteiger partial charge is 0.213 e. The molecule has 2 fully saturated rings. The van der Waals surface area contributed by atoms with Crippen LogP contribution in [0.15, 0.2) is 30.6 Å². The minimum atomic E-state index is -0.446. The molecular formula is C31H35FN6O3. The number of anilines is 2. The fourth-order valence-electron chi connectivity index (χ4n) is 6.40. The lowest BCUT2D eigenvalue weighted by Gasteiger charge is -2.48. The number of piperidine rings is 1. The highest BCUT2D eigenvalue weighted by Gasteiger charge is 2.46. The average Bonchev–Trinajstić information content (AvgIpc) is 3.11. The quantitative estimate of drug-likeness (QED) is 0.284. The summed E-state index contributed by atoms with van der Waals surface area (Å²) in [6.07, 6.45) is 10.9. The lowest BCUT2D eigenvalue weighted by atomic mass is 9.76. The molecule has 1 saturated carbocycles. The van der Waals surface area contributed by atoms with Gasteiger partial charge < -0.3 is 19.3 Å². The van der Waals surface area contributed by atoms with E-state index in [1.165, 1.54) is 11.0 Å². The summed E-state index contributed by atoms with van der Waals surface area (Å²) in [5.41, 5.74) is 2.61. The largest absolute Gasteiger partial charge is 0.490 e. The van der Waals surface area contributed by atoms with E-state index >= 15 is 4.39 Å². The lowest BCUT2D eigenvalue weighted by molar-refractivity contribution is -0.107. The van der Waals surface area contributed by atoms with Crippen molar-refractivity contribution in [3.8, 4) is 28.8 Å². The summed E-state index contributed by atoms with van der Waals surface area (Å²) in [5.74, 6) is 0.435. The maximum absolute atomic E-state index is 15.8. The number of halogens is 1. The molecular weight excluding hydrogens is 523 g/mol. The fourth-order valence-corrected chi connectivity index (χ4v) is 6.40. The zero-order valence-electron chi connectivity index (χ0n) is 23.6. The van der Waals surface area contributed by atoms with Crippen molar-refractivity contribution < 1.29 is 18.7 Å². The van der Waals surface area contributed by atoms with Gasteiger partial charge in [0.25, 0.3) is 0 Å². The molecule has 0 N–H and O–H groups in total. The molecule has 9 nitrogen and oxygen atoms in total. The zero-order chi connectivity index (χ0) is 28.6. The van der Waals surface area contributed by atoms with Crippen molar-refractivity contribution in [2.75, 3.05) is 50.2 Å². The van der Waals surface area contributed by atoms with Gasteiger partial charge in [0.05, 0.1) is 58.3 Å². The molecule has 0 bridgehead atoms. The van der Waals surface area contributed by atoms with Gasteiger partial charge in [-0.15, -0.1) is 0 Å². The predicted octanol–water partition coefficient (Wildman–Crippen LogP) is 4.93. The first kappa shape index (κ1) is 27.2. The number of nitrogens with zero attached hydrogens (tertiary/aromatic N) is 6. The Kier molecular flexibility index (Phi) is 7.39. The number of carbonyl (C=O) groups excluding carboxylic acids is 1. The van der Waals surface area contributed by atoms with E-state index in [4.69, 9.17) is 9.47 Å². The Morgan fingerprint density at radius 2 is 2.12 bits per heavy atom. The highest BCUT2D eigenvalue weighted by atomic mass is 19.1. The van der Waals surface area contributed by atoms with Crippen LogP contribution in [0.4, 0.5) is 15.8 Å². The molecule has 1 atom stereocenters. The molecule has 1 aromatic carbocycles. The summed E-state index contributed by atoms with van der Waals surface area (Å²) in [6.45, 7) is 2.66. The van der Waals surface area contributed by atoms with E-state index in [0.29, 0.717) is 52.6 Å². The molecule has 1 aliphatic carbocycles. The first-order valence-corrected chi connectivity index (χ1v) is 14.4. The van der Waals surface area contributed by atoms with Crippen LogP contribution in [-0.4, -0.2) is 73.3 Å². The van der Waals surface area contributed by atoms with Crippen LogP contribution in [0.5, 0.6) is 11.6 Å². The molecule has 214 valence electrons. The number of likely N-dealkylation sites (N-methyl/N-ethyl adjacent to an activating group) is 1. The Labute approximate surface area is 239 Å². The van der Waals surface area contributed by atoms with Crippen LogP contribution in [0.1, 0.15) is 44.9 Å². The molecule has 2 aromatic heterocycles. The molecule has 1 amide bonds. The molecule has 4 heterocycles. The Balaban J connectivity index is 1.28. The van der Waals surface area contributed by atoms with Crippen LogP contribution in [0.2, 0.25) is 0 Å². The molecule has 2 aliphatic heterocycles. The SMILES string of the molecule is CN(C=O)c1cnc2cc(F)c(-c3ccc(OCCCN4CCCCC4C#N)nc3)c3c2c1N(C)C1(CCC1)CO3. The molecule has 3 aromatic rings. The van der Waals surface area contributed by atoms with Crippen LogP contribution in [0, 0.1) is 17.1 Å². The molecule has 1 saturated heterocycles. The Hall–Kier alpha value is -3.97. The normalized spacial score (nSPS) is 19.7. The summed E-state index contributed by atoms with van der Waals surface area (Å²) in [7, 11) is 3.72. The van der Waals surface area contributed by atoms with Crippen molar-refractivity contribution in [1.82, 2.24) is 14.9 Å². The van der Waals surface area contributed by atoms with E-state index in [1.807, 2.05) is 7.05 Å². The summed E-state index contributed by atoms with van der Waals surface area (Å²) in [6, 6.07) is 7.37. The Morgan fingerprint density at radius 3 is 2.83 bits per heavy atom. The van der Waals surface area contributed by atoms with Gasteiger partial charge in [0.15, 0.2) is 0 Å². The van der Waals surface area contributed by atoms with Crippen molar-refractivity contribution in [2.24, 2.45) is 0 Å². The number of pyridine rings is 2. The van der Waals surface area contributed by atoms with Gasteiger partial charge in [0, 0.05) is 44.5 Å². The van der Waals surface area contributed by atoms with Gasteiger partial charge in [-0.1, -0.05) is 0 Å². The number of hydrogen-bond donors (Lipinski definition) is 0. The van der Waals surface area contributed by atoms with E-state index in [9.17, 15) is 10.1 Å². The van der Waals surface area contributed by atoms with E-state index in [2.05, 4.69) is 25.8 Å². The average molecular weight is 559 g/mol. The van der Waals surface area contributed by atoms with Gasteiger partial charge in [0.2, 0.25) is 12.3 Å². The number of carbonyl (C=O) groups is 1. The van der Waals surface area contributed by atoms with Crippen molar-refractivity contribution in [1.29, 1.82) is 5.26 Å². The molecule has 41 heavy (non-hydrogen) atoms. The first-order valence-electron chi connectivity index (χ1n) is 14.4. The van der Waals surface area contributed by atoms with Crippen molar-refractivity contribution in [3.05, 3.63) is 36.4 Å². The molecule has 1 spiro atoms. The highest BCUT2D eigenvalue weighted by Crippen LogP contribution is 2.52. The topological polar surface area (TPSA) is 94.8 Å². The number of aromatic nitrogens is 2. The molecule has 6 rings (SSSR count). The number of ether oxygens (including phenoxy) is 2. The fraction of sp³-hybridized carbons (Fsp3) is 0.484. The van der Waals surface area contributed by atoms with Crippen LogP contribution in [0.25, 0.3) is 22.0 Å². The number of hydrogen-bond acceptors (Lipinski definition) is 8. The second-order valence-corrected chi connectivity index (χ2v) is 11.4. The Bertz CT molecular complexity index is 1490. The lowest BCUT2D eigenvalue weighted by Crippen LogP contribution is -2.56. The summed E-state index contributed by atoms with van der Waals surface area (Å²) in [4.78, 5) is 26.7. The van der Waals surface area contributed by atoms with Crippen molar-refractivity contribution >= 4 is 28.7 Å². The third kappa shape index (κ3) is 4.82. The highest BCUT2D eigenvalue weighted by molar-refractivity contribution is 6.07. The summed E-state index contributed by atoms with van der Waals surface area (Å²) >= 11 is 0. The van der Waals surface area contributed by atoms with Gasteiger partial charge in [-0.05, 0) is 57.6 Å². The second-order valence-electron chi connectivity index (χ2n) is 11.4. The number of likely N-dealkylation sites (tertiary alicyclic amines) is 1. The summed E-state index contributed by atoms with van der Waals surface area (Å²) in [5, 5.41) is 10.1. The maximum Gasteiger partial charge on any atom is 0.213 e.